The minimum atomic E-state index is -4.42. The topological polar surface area (TPSA) is 54.3 Å². The minimum absolute atomic E-state index is 0.0264. The summed E-state index contributed by atoms with van der Waals surface area (Å²) in [5, 5.41) is 11.7. The second kappa shape index (κ2) is 5.69. The molecule has 0 unspecified atom stereocenters. The van der Waals surface area contributed by atoms with Gasteiger partial charge in [0, 0.05) is 11.9 Å². The quantitative estimate of drug-likeness (QED) is 0.849. The van der Waals surface area contributed by atoms with Gasteiger partial charge in [-0.15, -0.1) is 0 Å². The van der Waals surface area contributed by atoms with E-state index < -0.39 is 18.6 Å². The number of alkyl halides is 3. The van der Waals surface area contributed by atoms with Gasteiger partial charge in [-0.05, 0) is 30.3 Å². The molecule has 0 aliphatic rings. The van der Waals surface area contributed by atoms with Gasteiger partial charge in [0.1, 0.15) is 18.0 Å². The lowest BCUT2D eigenvalue weighted by atomic mass is 10.3. The minimum Gasteiger partial charge on any atom is -0.506 e. The normalized spacial score (nSPS) is 11.4. The van der Waals surface area contributed by atoms with Crippen LogP contribution < -0.4 is 5.32 Å². The van der Waals surface area contributed by atoms with Gasteiger partial charge in [-0.3, -0.25) is 4.79 Å². The molecule has 0 spiro atoms. The highest BCUT2D eigenvalue weighted by molar-refractivity contribution is 6.32. The predicted molar refractivity (Wildman–Crippen MR) is 71.6 cm³/mol. The summed E-state index contributed by atoms with van der Waals surface area (Å²) >= 11 is 5.69. The van der Waals surface area contributed by atoms with Gasteiger partial charge in [-0.25, -0.2) is 0 Å². The summed E-state index contributed by atoms with van der Waals surface area (Å²) in [4.78, 5) is 12.0. The number of halogens is 4. The van der Waals surface area contributed by atoms with Gasteiger partial charge in [0.25, 0.3) is 5.91 Å². The van der Waals surface area contributed by atoms with E-state index in [-0.39, 0.29) is 22.2 Å². The van der Waals surface area contributed by atoms with Gasteiger partial charge in [0.2, 0.25) is 0 Å². The Morgan fingerprint density at radius 2 is 2.05 bits per heavy atom. The van der Waals surface area contributed by atoms with Crippen LogP contribution in [-0.4, -0.2) is 21.8 Å². The number of amides is 1. The second-order valence-corrected chi connectivity index (χ2v) is 4.66. The van der Waals surface area contributed by atoms with Crippen molar-refractivity contribution in [3.8, 4) is 5.75 Å². The lowest BCUT2D eigenvalue weighted by Gasteiger charge is -2.12. The van der Waals surface area contributed by atoms with Gasteiger partial charge in [0.05, 0.1) is 5.02 Å². The molecule has 0 saturated carbocycles. The van der Waals surface area contributed by atoms with Crippen LogP contribution in [0.3, 0.4) is 0 Å². The highest BCUT2D eigenvalue weighted by atomic mass is 35.5. The van der Waals surface area contributed by atoms with Gasteiger partial charge in [0.15, 0.2) is 0 Å². The highest BCUT2D eigenvalue weighted by Crippen LogP contribution is 2.26. The van der Waals surface area contributed by atoms with Gasteiger partial charge in [-0.2, -0.15) is 13.2 Å². The first-order chi connectivity index (χ1) is 9.76. The molecule has 1 amide bonds. The maximum Gasteiger partial charge on any atom is 0.406 e. The number of carbonyl (C=O) groups is 1. The highest BCUT2D eigenvalue weighted by Gasteiger charge is 2.29. The van der Waals surface area contributed by atoms with E-state index in [9.17, 15) is 23.1 Å². The number of benzene rings is 1. The number of nitrogens with one attached hydrogen (secondary N) is 1. The Balaban J connectivity index is 2.17. The Labute approximate surface area is 122 Å². The lowest BCUT2D eigenvalue weighted by molar-refractivity contribution is -0.140. The predicted octanol–water partition coefficient (Wildman–Crippen LogP) is 3.66. The van der Waals surface area contributed by atoms with Crippen molar-refractivity contribution in [2.75, 3.05) is 5.32 Å². The van der Waals surface area contributed by atoms with Gasteiger partial charge >= 0.3 is 6.18 Å². The van der Waals surface area contributed by atoms with Crippen LogP contribution in [0.1, 0.15) is 10.5 Å². The molecule has 0 fully saturated rings. The monoisotopic (exact) mass is 318 g/mol. The number of nitrogens with zero attached hydrogens (tertiary/aromatic N) is 1. The largest absolute Gasteiger partial charge is 0.506 e. The molecule has 4 nitrogen and oxygen atoms in total. The number of anilines is 1. The number of aromatic hydroxyl groups is 1. The van der Waals surface area contributed by atoms with Crippen LogP contribution in [0.4, 0.5) is 18.9 Å². The number of phenols is 1. The fourth-order valence-electron chi connectivity index (χ4n) is 1.73. The number of hydrogen-bond acceptors (Lipinski definition) is 2. The molecule has 112 valence electrons. The van der Waals surface area contributed by atoms with Crippen molar-refractivity contribution in [3.05, 3.63) is 47.2 Å². The molecule has 1 heterocycles. The summed E-state index contributed by atoms with van der Waals surface area (Å²) in [6.07, 6.45) is -3.25. The SMILES string of the molecule is O=C(Nc1ccc(O)c(Cl)c1)c1cccn1CC(F)(F)F. The summed E-state index contributed by atoms with van der Waals surface area (Å²) in [7, 11) is 0. The second-order valence-electron chi connectivity index (χ2n) is 4.26. The fraction of sp³-hybridized carbons (Fsp3) is 0.154. The van der Waals surface area contributed by atoms with Crippen molar-refractivity contribution in [2.45, 2.75) is 12.7 Å². The molecule has 0 atom stereocenters. The first-order valence-corrected chi connectivity index (χ1v) is 6.16. The number of hydrogen-bond donors (Lipinski definition) is 2. The average molecular weight is 319 g/mol. The summed E-state index contributed by atoms with van der Waals surface area (Å²) < 4.78 is 38.0. The molecule has 1 aromatic carbocycles. The molecule has 2 rings (SSSR count). The van der Waals surface area contributed by atoms with Crippen LogP contribution in [0.15, 0.2) is 36.5 Å². The van der Waals surface area contributed by atoms with Crippen LogP contribution in [-0.2, 0) is 6.54 Å². The molecular weight excluding hydrogens is 309 g/mol. The molecule has 0 bridgehead atoms. The summed E-state index contributed by atoms with van der Waals surface area (Å²) in [5.41, 5.74) is 0.138. The zero-order valence-electron chi connectivity index (χ0n) is 10.5. The van der Waals surface area contributed by atoms with Crippen molar-refractivity contribution in [2.24, 2.45) is 0 Å². The number of carbonyl (C=O) groups excluding carboxylic acids is 1. The van der Waals surface area contributed by atoms with Crippen LogP contribution in [0, 0.1) is 0 Å². The van der Waals surface area contributed by atoms with Crippen molar-refractivity contribution in [1.82, 2.24) is 4.57 Å². The molecule has 0 saturated heterocycles. The Morgan fingerprint density at radius 1 is 1.33 bits per heavy atom. The molecule has 0 aliphatic heterocycles. The van der Waals surface area contributed by atoms with Crippen molar-refractivity contribution >= 4 is 23.2 Å². The summed E-state index contributed by atoms with van der Waals surface area (Å²) in [5.74, 6) is -0.860. The molecule has 0 radical (unpaired) electrons. The fourth-order valence-corrected chi connectivity index (χ4v) is 1.91. The van der Waals surface area contributed by atoms with E-state index in [1.807, 2.05) is 0 Å². The maximum absolute atomic E-state index is 12.4. The van der Waals surface area contributed by atoms with Crippen molar-refractivity contribution in [1.29, 1.82) is 0 Å². The molecular formula is C13H10ClF3N2O2. The third-order valence-corrected chi connectivity index (χ3v) is 2.92. The molecule has 0 aliphatic carbocycles. The third-order valence-electron chi connectivity index (χ3n) is 2.62. The summed E-state index contributed by atoms with van der Waals surface area (Å²) in [6.45, 7) is -1.25. The molecule has 2 N–H and O–H groups in total. The van der Waals surface area contributed by atoms with Crippen LogP contribution in [0.25, 0.3) is 0 Å². The van der Waals surface area contributed by atoms with Gasteiger partial charge < -0.3 is 15.0 Å². The maximum atomic E-state index is 12.4. The molecule has 2 aromatic rings. The zero-order chi connectivity index (χ0) is 15.6. The van der Waals surface area contributed by atoms with Crippen LogP contribution >= 0.6 is 11.6 Å². The Kier molecular flexibility index (Phi) is 4.13. The lowest BCUT2D eigenvalue weighted by Crippen LogP contribution is -2.23. The van der Waals surface area contributed by atoms with E-state index in [2.05, 4.69) is 5.32 Å². The Bertz CT molecular complexity index is 668. The average Bonchev–Trinajstić information content (AvgIpc) is 2.79. The first-order valence-electron chi connectivity index (χ1n) is 5.78. The molecule has 21 heavy (non-hydrogen) atoms. The van der Waals surface area contributed by atoms with Crippen molar-refractivity contribution < 1.29 is 23.1 Å². The summed E-state index contributed by atoms with van der Waals surface area (Å²) in [6, 6.07) is 6.59. The van der Waals surface area contributed by atoms with Crippen molar-refractivity contribution in [3.63, 3.8) is 0 Å². The molecule has 8 heteroatoms. The Hall–Kier alpha value is -2.15. The van der Waals surface area contributed by atoms with E-state index in [0.29, 0.717) is 0 Å². The van der Waals surface area contributed by atoms with E-state index in [1.54, 1.807) is 0 Å². The standard InChI is InChI=1S/C13H10ClF3N2O2/c14-9-6-8(3-4-11(9)20)18-12(21)10-2-1-5-19(10)7-13(15,16)17/h1-6,20H,7H2,(H,18,21). The van der Waals surface area contributed by atoms with E-state index in [4.69, 9.17) is 11.6 Å². The number of rotatable bonds is 3. The van der Waals surface area contributed by atoms with E-state index in [0.717, 1.165) is 4.57 Å². The van der Waals surface area contributed by atoms with Crippen LogP contribution in [0.2, 0.25) is 5.02 Å². The zero-order valence-corrected chi connectivity index (χ0v) is 11.2. The molecule has 1 aromatic heterocycles. The first kappa shape index (κ1) is 15.2. The number of phenolic OH excluding ortho intramolecular Hbond substituents is 1. The number of aromatic nitrogens is 1. The van der Waals surface area contributed by atoms with E-state index in [1.165, 1.54) is 36.5 Å². The third kappa shape index (κ3) is 3.91. The Morgan fingerprint density at radius 3 is 2.67 bits per heavy atom. The van der Waals surface area contributed by atoms with Gasteiger partial charge in [-0.1, -0.05) is 11.6 Å². The van der Waals surface area contributed by atoms with Crippen LogP contribution in [0.5, 0.6) is 5.75 Å². The van der Waals surface area contributed by atoms with E-state index >= 15 is 0 Å². The smallest absolute Gasteiger partial charge is 0.406 e.